The SMILES string of the molecule is c1ccc(-c2cc(-c3ccccc3)nc(-c3ccc(-n4c5ccccc5c5ccc(-c6ccccc6)cc54)c(-c4nc(-c5ccccc5)nc(-c5ccccc5)n4)c3)c2)cc1. The van der Waals surface area contributed by atoms with Crippen LogP contribution in [0.5, 0.6) is 0 Å². The van der Waals surface area contributed by atoms with Gasteiger partial charge in [0.05, 0.1) is 28.1 Å². The van der Waals surface area contributed by atoms with E-state index in [4.69, 9.17) is 19.9 Å². The molecule has 0 aliphatic heterocycles. The van der Waals surface area contributed by atoms with Gasteiger partial charge in [-0.05, 0) is 58.7 Å². The quantitative estimate of drug-likeness (QED) is 0.154. The number of hydrogen-bond donors (Lipinski definition) is 0. The van der Waals surface area contributed by atoms with Crippen LogP contribution in [-0.4, -0.2) is 24.5 Å². The molecule has 0 unspecified atom stereocenters. The molecule has 11 rings (SSSR count). The molecule has 0 atom stereocenters. The molecule has 0 aliphatic rings. The van der Waals surface area contributed by atoms with E-state index in [0.29, 0.717) is 17.5 Å². The summed E-state index contributed by atoms with van der Waals surface area (Å²) in [5, 5.41) is 2.34. The van der Waals surface area contributed by atoms with Crippen molar-refractivity contribution in [1.82, 2.24) is 24.5 Å². The molecule has 0 amide bonds. The summed E-state index contributed by atoms with van der Waals surface area (Å²) in [5.41, 5.74) is 14.1. The lowest BCUT2D eigenvalue weighted by Crippen LogP contribution is -2.04. The molecule has 61 heavy (non-hydrogen) atoms. The van der Waals surface area contributed by atoms with Crippen molar-refractivity contribution in [3.63, 3.8) is 0 Å². The lowest BCUT2D eigenvalue weighted by atomic mass is 9.98. The predicted octanol–water partition coefficient (Wildman–Crippen LogP) is 14.0. The van der Waals surface area contributed by atoms with E-state index in [-0.39, 0.29) is 0 Å². The van der Waals surface area contributed by atoms with E-state index >= 15 is 0 Å². The third-order valence-corrected chi connectivity index (χ3v) is 11.3. The number of fused-ring (bicyclic) bond motifs is 3. The van der Waals surface area contributed by atoms with Crippen LogP contribution in [0, 0.1) is 0 Å². The van der Waals surface area contributed by atoms with Crippen LogP contribution in [0.1, 0.15) is 0 Å². The molecule has 0 N–H and O–H groups in total. The van der Waals surface area contributed by atoms with Crippen LogP contribution < -0.4 is 0 Å². The van der Waals surface area contributed by atoms with Crippen molar-refractivity contribution in [3.8, 4) is 84.6 Å². The van der Waals surface area contributed by atoms with Crippen molar-refractivity contribution in [2.24, 2.45) is 0 Å². The van der Waals surface area contributed by atoms with E-state index in [0.717, 1.165) is 78.2 Å². The Kier molecular flexibility index (Phi) is 9.10. The van der Waals surface area contributed by atoms with Gasteiger partial charge in [0, 0.05) is 38.6 Å². The zero-order chi connectivity index (χ0) is 40.5. The highest BCUT2D eigenvalue weighted by Gasteiger charge is 2.21. The highest BCUT2D eigenvalue weighted by Crippen LogP contribution is 2.40. The van der Waals surface area contributed by atoms with Crippen LogP contribution in [0.15, 0.2) is 224 Å². The predicted molar refractivity (Wildman–Crippen MR) is 250 cm³/mol. The molecule has 3 aromatic heterocycles. The minimum atomic E-state index is 0.567. The Hall–Kier alpha value is -8.28. The average molecular weight is 780 g/mol. The molecule has 0 spiro atoms. The van der Waals surface area contributed by atoms with Crippen molar-refractivity contribution in [3.05, 3.63) is 224 Å². The number of aromatic nitrogens is 5. The molecule has 0 saturated carbocycles. The Labute approximate surface area is 354 Å². The van der Waals surface area contributed by atoms with Gasteiger partial charge >= 0.3 is 0 Å². The van der Waals surface area contributed by atoms with Crippen LogP contribution in [0.4, 0.5) is 0 Å². The second-order valence-electron chi connectivity index (χ2n) is 15.1. The number of rotatable bonds is 8. The molecule has 5 heteroatoms. The second kappa shape index (κ2) is 15.5. The standard InChI is InChI=1S/C56H37N5/c1-6-18-38(19-7-1)43-30-32-47-46-28-16-17-29-51(46)61(53(47)37-43)52-33-31-44(50-36-45(39-20-8-2-9-21-39)35-49(57-50)40-22-10-3-11-23-40)34-48(52)56-59-54(41-24-12-4-13-25-41)58-55(60-56)42-26-14-5-15-27-42/h1-37H. The Morgan fingerprint density at radius 2 is 0.721 bits per heavy atom. The van der Waals surface area contributed by atoms with Crippen molar-refractivity contribution in [2.45, 2.75) is 0 Å². The minimum absolute atomic E-state index is 0.567. The summed E-state index contributed by atoms with van der Waals surface area (Å²) in [4.78, 5) is 21.0. The fourth-order valence-corrected chi connectivity index (χ4v) is 8.27. The smallest absolute Gasteiger partial charge is 0.166 e. The van der Waals surface area contributed by atoms with Gasteiger partial charge in [0.1, 0.15) is 0 Å². The maximum absolute atomic E-state index is 5.34. The average Bonchev–Trinajstić information content (AvgIpc) is 3.68. The Morgan fingerprint density at radius 1 is 0.262 bits per heavy atom. The number of para-hydroxylation sites is 1. The van der Waals surface area contributed by atoms with E-state index in [1.165, 1.54) is 10.8 Å². The number of pyridine rings is 1. The van der Waals surface area contributed by atoms with E-state index < -0.39 is 0 Å². The van der Waals surface area contributed by atoms with Gasteiger partial charge in [0.2, 0.25) is 0 Å². The van der Waals surface area contributed by atoms with Crippen molar-refractivity contribution < 1.29 is 0 Å². The first-order valence-corrected chi connectivity index (χ1v) is 20.5. The van der Waals surface area contributed by atoms with Crippen LogP contribution in [0.25, 0.3) is 106 Å². The van der Waals surface area contributed by atoms with Crippen LogP contribution >= 0.6 is 0 Å². The molecule has 286 valence electrons. The van der Waals surface area contributed by atoms with Gasteiger partial charge in [-0.1, -0.05) is 188 Å². The van der Waals surface area contributed by atoms with Crippen LogP contribution in [0.3, 0.4) is 0 Å². The summed E-state index contributed by atoms with van der Waals surface area (Å²) in [6, 6.07) is 78.1. The molecule has 5 nitrogen and oxygen atoms in total. The lowest BCUT2D eigenvalue weighted by Gasteiger charge is -2.17. The van der Waals surface area contributed by atoms with Crippen molar-refractivity contribution in [2.75, 3.05) is 0 Å². The molecule has 0 saturated heterocycles. The summed E-state index contributed by atoms with van der Waals surface area (Å²) in [7, 11) is 0. The fraction of sp³-hybridized carbons (Fsp3) is 0. The van der Waals surface area contributed by atoms with Gasteiger partial charge in [-0.3, -0.25) is 0 Å². The minimum Gasteiger partial charge on any atom is -0.308 e. The van der Waals surface area contributed by atoms with Crippen LogP contribution in [-0.2, 0) is 0 Å². The zero-order valence-corrected chi connectivity index (χ0v) is 33.1. The maximum atomic E-state index is 5.34. The maximum Gasteiger partial charge on any atom is 0.166 e. The van der Waals surface area contributed by atoms with Crippen LogP contribution in [0.2, 0.25) is 0 Å². The monoisotopic (exact) mass is 779 g/mol. The number of nitrogens with zero attached hydrogens (tertiary/aromatic N) is 5. The van der Waals surface area contributed by atoms with Gasteiger partial charge < -0.3 is 4.57 Å². The summed E-state index contributed by atoms with van der Waals surface area (Å²) in [5.74, 6) is 1.77. The molecular formula is C56H37N5. The van der Waals surface area contributed by atoms with Gasteiger partial charge in [0.15, 0.2) is 17.5 Å². The number of benzene rings is 8. The molecule has 0 radical (unpaired) electrons. The van der Waals surface area contributed by atoms with Gasteiger partial charge in [0.25, 0.3) is 0 Å². The normalized spacial score (nSPS) is 11.3. The second-order valence-corrected chi connectivity index (χ2v) is 15.1. The Bertz CT molecular complexity index is 3210. The van der Waals surface area contributed by atoms with E-state index in [1.54, 1.807) is 0 Å². The number of hydrogen-bond acceptors (Lipinski definition) is 4. The molecule has 3 heterocycles. The molecule has 8 aromatic carbocycles. The summed E-state index contributed by atoms with van der Waals surface area (Å²) in [6.45, 7) is 0. The van der Waals surface area contributed by atoms with Gasteiger partial charge in [-0.15, -0.1) is 0 Å². The highest BCUT2D eigenvalue weighted by atomic mass is 15.1. The first kappa shape index (κ1) is 35.8. The lowest BCUT2D eigenvalue weighted by molar-refractivity contribution is 1.06. The van der Waals surface area contributed by atoms with Gasteiger partial charge in [-0.25, -0.2) is 19.9 Å². The molecular weight excluding hydrogens is 743 g/mol. The molecule has 0 fully saturated rings. The van der Waals surface area contributed by atoms with Crippen molar-refractivity contribution in [1.29, 1.82) is 0 Å². The van der Waals surface area contributed by atoms with Crippen molar-refractivity contribution >= 4 is 21.8 Å². The topological polar surface area (TPSA) is 56.5 Å². The third-order valence-electron chi connectivity index (χ3n) is 11.3. The van der Waals surface area contributed by atoms with Gasteiger partial charge in [-0.2, -0.15) is 0 Å². The summed E-state index contributed by atoms with van der Waals surface area (Å²) in [6.07, 6.45) is 0. The summed E-state index contributed by atoms with van der Waals surface area (Å²) < 4.78 is 2.37. The molecule has 11 aromatic rings. The van der Waals surface area contributed by atoms with E-state index in [1.807, 2.05) is 72.8 Å². The fourth-order valence-electron chi connectivity index (χ4n) is 8.27. The highest BCUT2D eigenvalue weighted by molar-refractivity contribution is 6.10. The zero-order valence-electron chi connectivity index (χ0n) is 33.1. The largest absolute Gasteiger partial charge is 0.308 e. The molecule has 0 aliphatic carbocycles. The Balaban J connectivity index is 1.21. The summed E-state index contributed by atoms with van der Waals surface area (Å²) >= 11 is 0. The van der Waals surface area contributed by atoms with E-state index in [9.17, 15) is 0 Å². The first-order valence-electron chi connectivity index (χ1n) is 20.5. The molecule has 0 bridgehead atoms. The van der Waals surface area contributed by atoms with E-state index in [2.05, 4.69) is 156 Å². The third kappa shape index (κ3) is 6.84. The first-order chi connectivity index (χ1) is 30.2. The Morgan fingerprint density at radius 3 is 1.33 bits per heavy atom.